The molecule has 2 rings (SSSR count). The fourth-order valence-corrected chi connectivity index (χ4v) is 1.80. The van der Waals surface area contributed by atoms with Crippen molar-refractivity contribution >= 4 is 28.7 Å². The number of nitrogens with zero attached hydrogens (tertiary/aromatic N) is 3. The Labute approximate surface area is 100 Å². The molecule has 2 aromatic heterocycles. The van der Waals surface area contributed by atoms with Crippen molar-refractivity contribution in [1.29, 1.82) is 0 Å². The van der Waals surface area contributed by atoms with Crippen LogP contribution in [-0.4, -0.2) is 14.9 Å². The first-order valence-corrected chi connectivity index (χ1v) is 5.58. The minimum absolute atomic E-state index is 0.101. The lowest BCUT2D eigenvalue weighted by molar-refractivity contribution is -0.384. The molecular formula is C9H9N5O2S. The summed E-state index contributed by atoms with van der Waals surface area (Å²) in [7, 11) is 0. The van der Waals surface area contributed by atoms with Gasteiger partial charge >= 0.3 is 5.69 Å². The summed E-state index contributed by atoms with van der Waals surface area (Å²) >= 11 is 1.46. The smallest absolute Gasteiger partial charge is 0.311 e. The molecule has 2 aromatic rings. The molecule has 2 heterocycles. The van der Waals surface area contributed by atoms with Gasteiger partial charge in [-0.1, -0.05) is 0 Å². The highest BCUT2D eigenvalue weighted by Crippen LogP contribution is 2.23. The van der Waals surface area contributed by atoms with Gasteiger partial charge < -0.3 is 11.1 Å². The van der Waals surface area contributed by atoms with Crippen molar-refractivity contribution in [3.8, 4) is 0 Å². The molecule has 88 valence electrons. The third-order valence-electron chi connectivity index (χ3n) is 1.98. The van der Waals surface area contributed by atoms with Crippen LogP contribution in [0.25, 0.3) is 0 Å². The molecule has 0 aliphatic carbocycles. The van der Waals surface area contributed by atoms with Crippen molar-refractivity contribution in [2.75, 3.05) is 11.1 Å². The number of nitrogens with two attached hydrogens (primary N) is 1. The van der Waals surface area contributed by atoms with E-state index in [0.717, 1.165) is 5.01 Å². The number of nitrogen functional groups attached to an aromatic ring is 1. The zero-order valence-corrected chi connectivity index (χ0v) is 9.48. The number of nitrogens with one attached hydrogen (secondary N) is 1. The summed E-state index contributed by atoms with van der Waals surface area (Å²) in [5.74, 6) is 0.391. The Morgan fingerprint density at radius 3 is 3.00 bits per heavy atom. The van der Waals surface area contributed by atoms with Crippen LogP contribution in [0.4, 0.5) is 17.3 Å². The second-order valence-corrected chi connectivity index (χ2v) is 4.12. The molecule has 8 heteroatoms. The van der Waals surface area contributed by atoms with Crippen molar-refractivity contribution in [1.82, 2.24) is 9.97 Å². The van der Waals surface area contributed by atoms with E-state index < -0.39 is 4.92 Å². The van der Waals surface area contributed by atoms with Gasteiger partial charge in [-0.2, -0.15) is 0 Å². The van der Waals surface area contributed by atoms with Gasteiger partial charge in [0.1, 0.15) is 10.8 Å². The van der Waals surface area contributed by atoms with E-state index in [1.54, 1.807) is 6.20 Å². The highest BCUT2D eigenvalue weighted by molar-refractivity contribution is 7.09. The van der Waals surface area contributed by atoms with E-state index in [1.165, 1.54) is 23.5 Å². The lowest BCUT2D eigenvalue weighted by atomic mass is 10.3. The SMILES string of the molecule is Nc1ccc([N+](=O)[O-])c(NCc2nccs2)n1. The predicted molar refractivity (Wildman–Crippen MR) is 64.7 cm³/mol. The van der Waals surface area contributed by atoms with Gasteiger partial charge in [0, 0.05) is 17.6 Å². The number of rotatable bonds is 4. The number of pyridine rings is 1. The largest absolute Gasteiger partial charge is 0.384 e. The van der Waals surface area contributed by atoms with Crippen molar-refractivity contribution in [3.05, 3.63) is 38.8 Å². The standard InChI is InChI=1S/C9H9N5O2S/c10-7-2-1-6(14(15)16)9(13-7)12-5-8-11-3-4-17-8/h1-4H,5H2,(H3,10,12,13). The fourth-order valence-electron chi connectivity index (χ4n) is 1.24. The van der Waals surface area contributed by atoms with E-state index in [9.17, 15) is 10.1 Å². The van der Waals surface area contributed by atoms with E-state index in [4.69, 9.17) is 5.73 Å². The molecule has 0 fully saturated rings. The maximum Gasteiger partial charge on any atom is 0.311 e. The Hall–Kier alpha value is -2.22. The summed E-state index contributed by atoms with van der Waals surface area (Å²) in [5.41, 5.74) is 5.39. The maximum absolute atomic E-state index is 10.8. The Kier molecular flexibility index (Phi) is 3.15. The quantitative estimate of drug-likeness (QED) is 0.631. The molecule has 0 bridgehead atoms. The molecular weight excluding hydrogens is 242 g/mol. The van der Waals surface area contributed by atoms with Crippen LogP contribution in [0.15, 0.2) is 23.7 Å². The molecule has 0 aromatic carbocycles. The average Bonchev–Trinajstić information content (AvgIpc) is 2.78. The van der Waals surface area contributed by atoms with Gasteiger partial charge in [-0.15, -0.1) is 11.3 Å². The Morgan fingerprint density at radius 1 is 1.53 bits per heavy atom. The highest BCUT2D eigenvalue weighted by Gasteiger charge is 2.15. The third kappa shape index (κ3) is 2.67. The maximum atomic E-state index is 10.8. The molecule has 0 spiro atoms. The number of aromatic nitrogens is 2. The first-order valence-electron chi connectivity index (χ1n) is 4.70. The molecule has 0 saturated heterocycles. The minimum atomic E-state index is -0.503. The molecule has 0 radical (unpaired) electrons. The first-order chi connectivity index (χ1) is 8.16. The van der Waals surface area contributed by atoms with E-state index in [1.807, 2.05) is 5.38 Å². The Morgan fingerprint density at radius 2 is 2.35 bits per heavy atom. The zero-order valence-electron chi connectivity index (χ0n) is 8.66. The molecule has 17 heavy (non-hydrogen) atoms. The topological polar surface area (TPSA) is 107 Å². The summed E-state index contributed by atoms with van der Waals surface area (Å²) in [4.78, 5) is 18.2. The van der Waals surface area contributed by atoms with Gasteiger partial charge in [0.15, 0.2) is 0 Å². The number of anilines is 2. The summed E-state index contributed by atoms with van der Waals surface area (Å²) in [6.45, 7) is 0.384. The van der Waals surface area contributed by atoms with Crippen LogP contribution in [0.1, 0.15) is 5.01 Å². The Balaban J connectivity index is 2.19. The molecule has 0 unspecified atom stereocenters. The van der Waals surface area contributed by atoms with Gasteiger partial charge in [0.25, 0.3) is 0 Å². The minimum Gasteiger partial charge on any atom is -0.384 e. The predicted octanol–water partition coefficient (Wildman–Crippen LogP) is 1.64. The van der Waals surface area contributed by atoms with Gasteiger partial charge in [-0.3, -0.25) is 10.1 Å². The van der Waals surface area contributed by atoms with E-state index in [-0.39, 0.29) is 17.3 Å². The highest BCUT2D eigenvalue weighted by atomic mass is 32.1. The Bertz CT molecular complexity index is 528. The molecule has 7 nitrogen and oxygen atoms in total. The summed E-state index contributed by atoms with van der Waals surface area (Å²) < 4.78 is 0. The molecule has 0 aliphatic rings. The van der Waals surface area contributed by atoms with Gasteiger partial charge in [-0.05, 0) is 6.07 Å². The number of nitro groups is 1. The molecule has 0 atom stereocenters. The first kappa shape index (κ1) is 11.3. The third-order valence-corrected chi connectivity index (χ3v) is 2.76. The summed E-state index contributed by atoms with van der Waals surface area (Å²) in [5, 5.41) is 16.3. The van der Waals surface area contributed by atoms with Crippen LogP contribution < -0.4 is 11.1 Å². The monoisotopic (exact) mass is 251 g/mol. The van der Waals surface area contributed by atoms with E-state index in [2.05, 4.69) is 15.3 Å². The van der Waals surface area contributed by atoms with Crippen molar-refractivity contribution < 1.29 is 4.92 Å². The zero-order chi connectivity index (χ0) is 12.3. The van der Waals surface area contributed by atoms with E-state index in [0.29, 0.717) is 6.54 Å². The average molecular weight is 251 g/mol. The van der Waals surface area contributed by atoms with Crippen molar-refractivity contribution in [2.45, 2.75) is 6.54 Å². The van der Waals surface area contributed by atoms with Crippen molar-refractivity contribution in [2.24, 2.45) is 0 Å². The van der Waals surface area contributed by atoms with Gasteiger partial charge in [0.2, 0.25) is 5.82 Å². The van der Waals surface area contributed by atoms with Crippen molar-refractivity contribution in [3.63, 3.8) is 0 Å². The lowest BCUT2D eigenvalue weighted by Gasteiger charge is -2.04. The van der Waals surface area contributed by atoms with Gasteiger partial charge in [0.05, 0.1) is 11.5 Å². The van der Waals surface area contributed by atoms with Crippen LogP contribution in [0.5, 0.6) is 0 Å². The van der Waals surface area contributed by atoms with Crippen LogP contribution in [0.3, 0.4) is 0 Å². The molecule has 0 saturated carbocycles. The fraction of sp³-hybridized carbons (Fsp3) is 0.111. The lowest BCUT2D eigenvalue weighted by Crippen LogP contribution is -2.05. The van der Waals surface area contributed by atoms with E-state index >= 15 is 0 Å². The summed E-state index contributed by atoms with van der Waals surface area (Å²) in [6, 6.07) is 2.72. The number of hydrogen-bond acceptors (Lipinski definition) is 7. The number of hydrogen-bond donors (Lipinski definition) is 2. The second-order valence-electron chi connectivity index (χ2n) is 3.14. The van der Waals surface area contributed by atoms with Crippen LogP contribution >= 0.6 is 11.3 Å². The van der Waals surface area contributed by atoms with Crippen LogP contribution in [-0.2, 0) is 6.54 Å². The van der Waals surface area contributed by atoms with Gasteiger partial charge in [-0.25, -0.2) is 9.97 Å². The number of thiazole rings is 1. The molecule has 0 amide bonds. The molecule has 3 N–H and O–H groups in total. The molecule has 0 aliphatic heterocycles. The summed E-state index contributed by atoms with van der Waals surface area (Å²) in [6.07, 6.45) is 1.67. The van der Waals surface area contributed by atoms with Crippen LogP contribution in [0.2, 0.25) is 0 Å². The normalized spacial score (nSPS) is 10.1. The van der Waals surface area contributed by atoms with Crippen LogP contribution in [0, 0.1) is 10.1 Å². The second kappa shape index (κ2) is 4.74.